The highest BCUT2D eigenvalue weighted by Gasteiger charge is 2.24. The molecule has 1 atom stereocenters. The van der Waals surface area contributed by atoms with E-state index in [1.165, 1.54) is 0 Å². The van der Waals surface area contributed by atoms with Gasteiger partial charge in [0.15, 0.2) is 0 Å². The maximum absolute atomic E-state index is 12.2. The number of amides is 1. The van der Waals surface area contributed by atoms with Crippen molar-refractivity contribution in [1.29, 1.82) is 0 Å². The highest BCUT2D eigenvalue weighted by atomic mass is 16.3. The molecule has 19 heavy (non-hydrogen) atoms. The standard InChI is InChI=1S/C15H16N2O2/c16-11-6-4-10(5-7-11)15(18)17-13-2-1-3-14-12(13)8-9-19-14/h4-9,13H,1-3,16H2,(H,17,18). The Morgan fingerprint density at radius 2 is 2.05 bits per heavy atom. The van der Waals surface area contributed by atoms with E-state index in [1.54, 1.807) is 30.5 Å². The van der Waals surface area contributed by atoms with Crippen LogP contribution in [-0.2, 0) is 6.42 Å². The molecular formula is C15H16N2O2. The maximum atomic E-state index is 12.2. The van der Waals surface area contributed by atoms with Crippen LogP contribution >= 0.6 is 0 Å². The van der Waals surface area contributed by atoms with E-state index >= 15 is 0 Å². The van der Waals surface area contributed by atoms with Crippen molar-refractivity contribution in [3.63, 3.8) is 0 Å². The predicted octanol–water partition coefficient (Wildman–Crippen LogP) is 2.67. The van der Waals surface area contributed by atoms with Gasteiger partial charge in [-0.05, 0) is 43.2 Å². The molecule has 1 amide bonds. The summed E-state index contributed by atoms with van der Waals surface area (Å²) >= 11 is 0. The average molecular weight is 256 g/mol. The smallest absolute Gasteiger partial charge is 0.251 e. The highest BCUT2D eigenvalue weighted by Crippen LogP contribution is 2.30. The SMILES string of the molecule is Nc1ccc(C(=O)NC2CCCc3occc32)cc1. The molecule has 4 nitrogen and oxygen atoms in total. The molecule has 3 rings (SSSR count). The van der Waals surface area contributed by atoms with Gasteiger partial charge in [-0.15, -0.1) is 0 Å². The zero-order valence-corrected chi connectivity index (χ0v) is 10.6. The number of anilines is 1. The van der Waals surface area contributed by atoms with Crippen LogP contribution in [0.4, 0.5) is 5.69 Å². The first-order chi connectivity index (χ1) is 9.24. The molecule has 1 heterocycles. The first-order valence-corrected chi connectivity index (χ1v) is 6.47. The second kappa shape index (κ2) is 4.80. The first-order valence-electron chi connectivity index (χ1n) is 6.47. The lowest BCUT2D eigenvalue weighted by Gasteiger charge is -2.22. The molecule has 0 bridgehead atoms. The van der Waals surface area contributed by atoms with E-state index in [-0.39, 0.29) is 11.9 Å². The number of hydrogen-bond donors (Lipinski definition) is 2. The van der Waals surface area contributed by atoms with Gasteiger partial charge in [0.25, 0.3) is 5.91 Å². The molecule has 1 aliphatic rings. The Morgan fingerprint density at radius 3 is 2.84 bits per heavy atom. The summed E-state index contributed by atoms with van der Waals surface area (Å²) < 4.78 is 5.42. The van der Waals surface area contributed by atoms with E-state index in [2.05, 4.69) is 5.32 Å². The molecule has 0 radical (unpaired) electrons. The Hall–Kier alpha value is -2.23. The van der Waals surface area contributed by atoms with Crippen LogP contribution in [0.1, 0.15) is 40.6 Å². The van der Waals surface area contributed by atoms with Crippen molar-refractivity contribution in [2.45, 2.75) is 25.3 Å². The van der Waals surface area contributed by atoms with E-state index < -0.39 is 0 Å². The van der Waals surface area contributed by atoms with Crippen LogP contribution in [0.25, 0.3) is 0 Å². The third-order valence-corrected chi connectivity index (χ3v) is 3.53. The summed E-state index contributed by atoms with van der Waals surface area (Å²) in [7, 11) is 0. The van der Waals surface area contributed by atoms with Gasteiger partial charge in [-0.2, -0.15) is 0 Å². The van der Waals surface area contributed by atoms with Gasteiger partial charge < -0.3 is 15.5 Å². The lowest BCUT2D eigenvalue weighted by atomic mass is 9.93. The third kappa shape index (κ3) is 2.34. The Morgan fingerprint density at radius 1 is 1.26 bits per heavy atom. The molecule has 98 valence electrons. The zero-order chi connectivity index (χ0) is 13.2. The lowest BCUT2D eigenvalue weighted by molar-refractivity contribution is 0.0932. The predicted molar refractivity (Wildman–Crippen MR) is 72.7 cm³/mol. The number of rotatable bonds is 2. The Bertz CT molecular complexity index is 586. The number of carbonyl (C=O) groups is 1. The summed E-state index contributed by atoms with van der Waals surface area (Å²) in [5, 5.41) is 3.06. The summed E-state index contributed by atoms with van der Waals surface area (Å²) in [6.07, 6.45) is 4.63. The van der Waals surface area contributed by atoms with E-state index in [4.69, 9.17) is 10.2 Å². The molecule has 0 saturated heterocycles. The van der Waals surface area contributed by atoms with E-state index in [0.29, 0.717) is 11.3 Å². The van der Waals surface area contributed by atoms with Crippen LogP contribution in [0.15, 0.2) is 41.0 Å². The van der Waals surface area contributed by atoms with Crippen molar-refractivity contribution in [3.8, 4) is 0 Å². The van der Waals surface area contributed by atoms with Crippen molar-refractivity contribution in [2.24, 2.45) is 0 Å². The third-order valence-electron chi connectivity index (χ3n) is 3.53. The fraction of sp³-hybridized carbons (Fsp3) is 0.267. The summed E-state index contributed by atoms with van der Waals surface area (Å²) in [5.74, 6) is 0.924. The second-order valence-electron chi connectivity index (χ2n) is 4.84. The van der Waals surface area contributed by atoms with Gasteiger partial charge in [-0.3, -0.25) is 4.79 Å². The summed E-state index contributed by atoms with van der Waals surface area (Å²) in [6.45, 7) is 0. The van der Waals surface area contributed by atoms with E-state index in [9.17, 15) is 4.79 Å². The van der Waals surface area contributed by atoms with Gasteiger partial charge in [0.1, 0.15) is 5.76 Å². The van der Waals surface area contributed by atoms with Crippen LogP contribution in [0.2, 0.25) is 0 Å². The molecule has 3 N–H and O–H groups in total. The van der Waals surface area contributed by atoms with Crippen LogP contribution in [0.3, 0.4) is 0 Å². The average Bonchev–Trinajstić information content (AvgIpc) is 2.89. The topological polar surface area (TPSA) is 68.3 Å². The van der Waals surface area contributed by atoms with Gasteiger partial charge >= 0.3 is 0 Å². The minimum Gasteiger partial charge on any atom is -0.469 e. The van der Waals surface area contributed by atoms with Crippen LogP contribution in [-0.4, -0.2) is 5.91 Å². The van der Waals surface area contributed by atoms with Gasteiger partial charge in [-0.1, -0.05) is 0 Å². The number of aryl methyl sites for hydroxylation is 1. The Labute approximate surface area is 111 Å². The molecule has 1 aromatic carbocycles. The Kier molecular flexibility index (Phi) is 2.99. The largest absolute Gasteiger partial charge is 0.469 e. The van der Waals surface area contributed by atoms with Gasteiger partial charge in [0, 0.05) is 23.2 Å². The first kappa shape index (κ1) is 11.8. The molecule has 1 unspecified atom stereocenters. The molecular weight excluding hydrogens is 240 g/mol. The number of furan rings is 1. The van der Waals surface area contributed by atoms with Gasteiger partial charge in [0.2, 0.25) is 0 Å². The quantitative estimate of drug-likeness (QED) is 0.812. The van der Waals surface area contributed by atoms with E-state index in [1.807, 2.05) is 6.07 Å². The van der Waals surface area contributed by atoms with Crippen molar-refractivity contribution >= 4 is 11.6 Å². The molecule has 1 aliphatic carbocycles. The number of benzene rings is 1. The van der Waals surface area contributed by atoms with Crippen molar-refractivity contribution in [2.75, 3.05) is 5.73 Å². The van der Waals surface area contributed by atoms with E-state index in [0.717, 1.165) is 30.6 Å². The molecule has 0 saturated carbocycles. The maximum Gasteiger partial charge on any atom is 0.251 e. The number of fused-ring (bicyclic) bond motifs is 1. The van der Waals surface area contributed by atoms with Crippen LogP contribution < -0.4 is 11.1 Å². The lowest BCUT2D eigenvalue weighted by Crippen LogP contribution is -2.30. The van der Waals surface area contributed by atoms with Gasteiger partial charge in [-0.25, -0.2) is 0 Å². The van der Waals surface area contributed by atoms with Crippen molar-refractivity contribution in [3.05, 3.63) is 53.5 Å². The van der Waals surface area contributed by atoms with Crippen LogP contribution in [0.5, 0.6) is 0 Å². The van der Waals surface area contributed by atoms with Crippen molar-refractivity contribution in [1.82, 2.24) is 5.32 Å². The number of carbonyl (C=O) groups excluding carboxylic acids is 1. The number of hydrogen-bond acceptors (Lipinski definition) is 3. The van der Waals surface area contributed by atoms with Crippen LogP contribution in [0, 0.1) is 0 Å². The second-order valence-corrected chi connectivity index (χ2v) is 4.84. The number of nitrogens with one attached hydrogen (secondary N) is 1. The normalized spacial score (nSPS) is 17.8. The molecule has 0 spiro atoms. The summed E-state index contributed by atoms with van der Waals surface area (Å²) in [5.41, 5.74) is 8.01. The monoisotopic (exact) mass is 256 g/mol. The number of nitrogens with two attached hydrogens (primary N) is 1. The summed E-state index contributed by atoms with van der Waals surface area (Å²) in [4.78, 5) is 12.2. The molecule has 4 heteroatoms. The molecule has 0 aliphatic heterocycles. The highest BCUT2D eigenvalue weighted by molar-refractivity contribution is 5.94. The minimum atomic E-state index is -0.0703. The summed E-state index contributed by atoms with van der Waals surface area (Å²) in [6, 6.07) is 8.95. The van der Waals surface area contributed by atoms with Crippen molar-refractivity contribution < 1.29 is 9.21 Å². The fourth-order valence-corrected chi connectivity index (χ4v) is 2.51. The zero-order valence-electron chi connectivity index (χ0n) is 10.6. The Balaban J connectivity index is 1.76. The molecule has 1 aromatic heterocycles. The fourth-order valence-electron chi connectivity index (χ4n) is 2.51. The number of nitrogen functional groups attached to an aromatic ring is 1. The van der Waals surface area contributed by atoms with Gasteiger partial charge in [0.05, 0.1) is 12.3 Å². The molecule has 2 aromatic rings. The minimum absolute atomic E-state index is 0.0487. The molecule has 0 fully saturated rings.